The molecular formula is C19H28Cl2N4O. The van der Waals surface area contributed by atoms with Crippen LogP contribution in [0.4, 0.5) is 0 Å². The van der Waals surface area contributed by atoms with Crippen molar-refractivity contribution in [3.05, 3.63) is 33.8 Å². The summed E-state index contributed by atoms with van der Waals surface area (Å²) in [5, 5.41) is 4.93. The minimum atomic E-state index is 0.616. The molecule has 5 nitrogen and oxygen atoms in total. The molecule has 2 aliphatic heterocycles. The van der Waals surface area contributed by atoms with Crippen molar-refractivity contribution in [3.8, 4) is 0 Å². The fourth-order valence-electron chi connectivity index (χ4n) is 3.71. The van der Waals surface area contributed by atoms with Crippen molar-refractivity contribution in [2.75, 3.05) is 53.0 Å². The van der Waals surface area contributed by atoms with E-state index in [1.165, 1.54) is 6.42 Å². The SMILES string of the molecule is CN=C(NCCCc1ccc(Cl)cc1Cl)N1CCC(N2CCOCC2)C1. The van der Waals surface area contributed by atoms with Gasteiger partial charge in [-0.05, 0) is 37.0 Å². The fourth-order valence-corrected chi connectivity index (χ4v) is 4.21. The smallest absolute Gasteiger partial charge is 0.193 e. The first-order valence-electron chi connectivity index (χ1n) is 9.38. The third-order valence-corrected chi connectivity index (χ3v) is 5.74. The molecule has 0 saturated carbocycles. The van der Waals surface area contributed by atoms with Crippen LogP contribution in [-0.4, -0.2) is 74.8 Å². The van der Waals surface area contributed by atoms with Gasteiger partial charge in [-0.2, -0.15) is 0 Å². The predicted octanol–water partition coefficient (Wildman–Crippen LogP) is 2.91. The van der Waals surface area contributed by atoms with Gasteiger partial charge in [0, 0.05) is 55.9 Å². The molecule has 7 heteroatoms. The first kappa shape index (κ1) is 19.7. The van der Waals surface area contributed by atoms with E-state index in [1.807, 2.05) is 19.2 Å². The highest BCUT2D eigenvalue weighted by Gasteiger charge is 2.30. The number of guanidine groups is 1. The summed E-state index contributed by atoms with van der Waals surface area (Å²) < 4.78 is 5.46. The quantitative estimate of drug-likeness (QED) is 0.470. The Balaban J connectivity index is 1.42. The number of morpholine rings is 1. The second kappa shape index (κ2) is 9.79. The van der Waals surface area contributed by atoms with Gasteiger partial charge in [-0.3, -0.25) is 9.89 Å². The minimum Gasteiger partial charge on any atom is -0.379 e. The Labute approximate surface area is 166 Å². The van der Waals surface area contributed by atoms with Crippen LogP contribution >= 0.6 is 23.2 Å². The maximum Gasteiger partial charge on any atom is 0.193 e. The Bertz CT molecular complexity index is 620. The maximum atomic E-state index is 6.24. The first-order valence-corrected chi connectivity index (χ1v) is 10.1. The number of nitrogens with one attached hydrogen (secondary N) is 1. The van der Waals surface area contributed by atoms with Gasteiger partial charge in [0.25, 0.3) is 0 Å². The molecule has 0 spiro atoms. The van der Waals surface area contributed by atoms with Crippen molar-refractivity contribution < 1.29 is 4.74 Å². The van der Waals surface area contributed by atoms with E-state index in [9.17, 15) is 0 Å². The van der Waals surface area contributed by atoms with Crippen LogP contribution in [0, 0.1) is 0 Å². The maximum absolute atomic E-state index is 6.24. The van der Waals surface area contributed by atoms with Crippen LogP contribution in [0.5, 0.6) is 0 Å². The van der Waals surface area contributed by atoms with E-state index in [2.05, 4.69) is 20.1 Å². The fraction of sp³-hybridized carbons (Fsp3) is 0.632. The molecular weight excluding hydrogens is 371 g/mol. The van der Waals surface area contributed by atoms with Gasteiger partial charge in [-0.25, -0.2) is 0 Å². The number of halogens is 2. The molecule has 26 heavy (non-hydrogen) atoms. The largest absolute Gasteiger partial charge is 0.379 e. The lowest BCUT2D eigenvalue weighted by Crippen LogP contribution is -2.46. The number of hydrogen-bond donors (Lipinski definition) is 1. The zero-order chi connectivity index (χ0) is 18.4. The molecule has 1 aromatic rings. The van der Waals surface area contributed by atoms with Gasteiger partial charge < -0.3 is 15.0 Å². The van der Waals surface area contributed by atoms with Crippen LogP contribution < -0.4 is 5.32 Å². The van der Waals surface area contributed by atoms with Gasteiger partial charge in [0.15, 0.2) is 5.96 Å². The standard InChI is InChI=1S/C19H28Cl2N4O/c1-22-19(23-7-2-3-15-4-5-16(20)13-18(15)21)25-8-6-17(14-25)24-9-11-26-12-10-24/h4-5,13,17H,2-3,6-12,14H2,1H3,(H,22,23). The highest BCUT2D eigenvalue weighted by molar-refractivity contribution is 6.35. The number of rotatable bonds is 5. The lowest BCUT2D eigenvalue weighted by atomic mass is 10.1. The van der Waals surface area contributed by atoms with Gasteiger partial charge in [0.05, 0.1) is 13.2 Å². The van der Waals surface area contributed by atoms with Gasteiger partial charge in [0.2, 0.25) is 0 Å². The van der Waals surface area contributed by atoms with E-state index >= 15 is 0 Å². The first-order chi connectivity index (χ1) is 12.7. The molecule has 0 amide bonds. The van der Waals surface area contributed by atoms with Crippen molar-refractivity contribution >= 4 is 29.2 Å². The lowest BCUT2D eigenvalue weighted by Gasteiger charge is -2.32. The van der Waals surface area contributed by atoms with E-state index in [-0.39, 0.29) is 0 Å². The molecule has 2 heterocycles. The lowest BCUT2D eigenvalue weighted by molar-refractivity contribution is 0.0195. The summed E-state index contributed by atoms with van der Waals surface area (Å²) in [4.78, 5) is 9.39. The summed E-state index contributed by atoms with van der Waals surface area (Å²) in [5.41, 5.74) is 1.14. The Morgan fingerprint density at radius 1 is 1.27 bits per heavy atom. The molecule has 144 valence electrons. The number of ether oxygens (including phenoxy) is 1. The van der Waals surface area contributed by atoms with E-state index in [4.69, 9.17) is 27.9 Å². The molecule has 0 radical (unpaired) electrons. The third-order valence-electron chi connectivity index (χ3n) is 5.16. The Morgan fingerprint density at radius 3 is 2.81 bits per heavy atom. The van der Waals surface area contributed by atoms with Crippen molar-refractivity contribution in [3.63, 3.8) is 0 Å². The van der Waals surface area contributed by atoms with Crippen molar-refractivity contribution in [1.82, 2.24) is 15.1 Å². The molecule has 2 saturated heterocycles. The van der Waals surface area contributed by atoms with Crippen LogP contribution in [0.1, 0.15) is 18.4 Å². The Morgan fingerprint density at radius 2 is 2.08 bits per heavy atom. The number of nitrogens with zero attached hydrogens (tertiary/aromatic N) is 3. The van der Waals surface area contributed by atoms with Crippen LogP contribution in [0.25, 0.3) is 0 Å². The molecule has 1 unspecified atom stereocenters. The van der Waals surface area contributed by atoms with Crippen molar-refractivity contribution in [2.24, 2.45) is 4.99 Å². The van der Waals surface area contributed by atoms with Crippen molar-refractivity contribution in [2.45, 2.75) is 25.3 Å². The number of likely N-dealkylation sites (tertiary alicyclic amines) is 1. The Kier molecular flexibility index (Phi) is 7.43. The molecule has 0 aliphatic carbocycles. The average molecular weight is 399 g/mol. The van der Waals surface area contributed by atoms with Crippen LogP contribution in [0.3, 0.4) is 0 Å². The highest BCUT2D eigenvalue weighted by atomic mass is 35.5. The second-order valence-corrected chi connectivity index (χ2v) is 7.69. The monoisotopic (exact) mass is 398 g/mol. The zero-order valence-electron chi connectivity index (χ0n) is 15.4. The van der Waals surface area contributed by atoms with Crippen LogP contribution in [0.15, 0.2) is 23.2 Å². The molecule has 0 bridgehead atoms. The molecule has 2 fully saturated rings. The zero-order valence-corrected chi connectivity index (χ0v) is 16.9. The van der Waals surface area contributed by atoms with E-state index < -0.39 is 0 Å². The van der Waals surface area contributed by atoms with E-state index in [0.717, 1.165) is 75.3 Å². The molecule has 1 atom stereocenters. The molecule has 1 N–H and O–H groups in total. The van der Waals surface area contributed by atoms with Crippen molar-refractivity contribution in [1.29, 1.82) is 0 Å². The summed E-state index contributed by atoms with van der Waals surface area (Å²) in [6, 6.07) is 6.32. The molecule has 1 aromatic carbocycles. The Hall–Kier alpha value is -1.01. The molecule has 3 rings (SSSR count). The van der Waals surface area contributed by atoms with E-state index in [0.29, 0.717) is 11.1 Å². The second-order valence-electron chi connectivity index (χ2n) is 6.85. The summed E-state index contributed by atoms with van der Waals surface area (Å²) in [7, 11) is 1.86. The summed E-state index contributed by atoms with van der Waals surface area (Å²) in [6.45, 7) is 6.80. The molecule has 2 aliphatic rings. The number of hydrogen-bond acceptors (Lipinski definition) is 3. The third kappa shape index (κ3) is 5.26. The van der Waals surface area contributed by atoms with Gasteiger partial charge >= 0.3 is 0 Å². The van der Waals surface area contributed by atoms with Gasteiger partial charge in [-0.15, -0.1) is 0 Å². The number of benzene rings is 1. The summed E-state index contributed by atoms with van der Waals surface area (Å²) in [5.74, 6) is 1.00. The highest BCUT2D eigenvalue weighted by Crippen LogP contribution is 2.22. The predicted molar refractivity (Wildman–Crippen MR) is 109 cm³/mol. The van der Waals surface area contributed by atoms with E-state index in [1.54, 1.807) is 6.07 Å². The van der Waals surface area contributed by atoms with Crippen LogP contribution in [-0.2, 0) is 11.2 Å². The number of aliphatic imine (C=N–C) groups is 1. The molecule has 0 aromatic heterocycles. The van der Waals surface area contributed by atoms with Gasteiger partial charge in [-0.1, -0.05) is 29.3 Å². The van der Waals surface area contributed by atoms with Gasteiger partial charge in [0.1, 0.15) is 0 Å². The summed E-state index contributed by atoms with van der Waals surface area (Å²) in [6.07, 6.45) is 3.12. The normalized spacial score (nSPS) is 22.0. The number of aryl methyl sites for hydroxylation is 1. The summed E-state index contributed by atoms with van der Waals surface area (Å²) >= 11 is 12.2. The average Bonchev–Trinajstić information content (AvgIpc) is 3.14. The topological polar surface area (TPSA) is 40.1 Å². The van der Waals surface area contributed by atoms with Crippen LogP contribution in [0.2, 0.25) is 10.0 Å². The minimum absolute atomic E-state index is 0.616.